The van der Waals surface area contributed by atoms with Crippen molar-refractivity contribution < 1.29 is 13.9 Å². The Bertz CT molecular complexity index is 1090. The number of hydrogen-bond donors (Lipinski definition) is 1. The van der Waals surface area contributed by atoms with Crippen LogP contribution in [-0.4, -0.2) is 17.6 Å². The number of nitrogens with zero attached hydrogens (tertiary/aromatic N) is 1. The molecule has 2 aromatic carbocycles. The summed E-state index contributed by atoms with van der Waals surface area (Å²) in [4.78, 5) is 25.6. The highest BCUT2D eigenvalue weighted by atomic mass is 19.1. The van der Waals surface area contributed by atoms with Crippen molar-refractivity contribution >= 4 is 11.6 Å². The Morgan fingerprint density at radius 3 is 2.68 bits per heavy atom. The first-order valence-corrected chi connectivity index (χ1v) is 9.02. The molecule has 1 aliphatic carbocycles. The molecule has 1 N–H and O–H groups in total. The maximum Gasteiger partial charge on any atom is 0.263 e. The number of methoxy groups -OCH3 is 1. The molecule has 1 amide bonds. The van der Waals surface area contributed by atoms with Crippen LogP contribution < -0.4 is 15.6 Å². The zero-order valence-electron chi connectivity index (χ0n) is 15.3. The van der Waals surface area contributed by atoms with Crippen molar-refractivity contribution in [3.8, 4) is 5.75 Å². The molecule has 1 aromatic heterocycles. The molecule has 0 saturated heterocycles. The van der Waals surface area contributed by atoms with E-state index in [-0.39, 0.29) is 17.2 Å². The van der Waals surface area contributed by atoms with E-state index in [0.717, 1.165) is 29.7 Å². The Labute approximate surface area is 161 Å². The van der Waals surface area contributed by atoms with Crippen LogP contribution in [-0.2, 0) is 6.42 Å². The van der Waals surface area contributed by atoms with Gasteiger partial charge in [0.15, 0.2) is 0 Å². The van der Waals surface area contributed by atoms with Crippen LogP contribution in [0.2, 0.25) is 0 Å². The summed E-state index contributed by atoms with van der Waals surface area (Å²) < 4.78 is 20.1. The number of nitrogens with one attached hydrogen (secondary N) is 1. The number of halogens is 1. The summed E-state index contributed by atoms with van der Waals surface area (Å²) in [7, 11) is 1.63. The number of ether oxygens (including phenoxy) is 1. The lowest BCUT2D eigenvalue weighted by molar-refractivity contribution is 0.102. The second kappa shape index (κ2) is 7.31. The molecule has 1 atom stereocenters. The zero-order valence-corrected chi connectivity index (χ0v) is 15.3. The van der Waals surface area contributed by atoms with E-state index in [0.29, 0.717) is 5.69 Å². The third-order valence-electron chi connectivity index (χ3n) is 5.07. The number of amides is 1. The first kappa shape index (κ1) is 18.0. The summed E-state index contributed by atoms with van der Waals surface area (Å²) in [6.07, 6.45) is 3.28. The third kappa shape index (κ3) is 3.17. The fourth-order valence-corrected chi connectivity index (χ4v) is 3.74. The highest BCUT2D eigenvalue weighted by Crippen LogP contribution is 2.38. The highest BCUT2D eigenvalue weighted by molar-refractivity contribution is 6.03. The SMILES string of the molecule is COc1cccc2c1CCC2n1cccc(C(=O)Nc2ccc(F)cc2)c1=O. The molecule has 0 fully saturated rings. The van der Waals surface area contributed by atoms with Crippen molar-refractivity contribution in [1.29, 1.82) is 0 Å². The van der Waals surface area contributed by atoms with E-state index in [2.05, 4.69) is 5.32 Å². The topological polar surface area (TPSA) is 60.3 Å². The maximum absolute atomic E-state index is 13.0. The molecule has 1 unspecified atom stereocenters. The summed E-state index contributed by atoms with van der Waals surface area (Å²) in [6, 6.07) is 14.3. The monoisotopic (exact) mass is 378 g/mol. The Balaban J connectivity index is 1.66. The average molecular weight is 378 g/mol. The third-order valence-corrected chi connectivity index (χ3v) is 5.07. The lowest BCUT2D eigenvalue weighted by atomic mass is 10.1. The van der Waals surface area contributed by atoms with Gasteiger partial charge < -0.3 is 14.6 Å². The summed E-state index contributed by atoms with van der Waals surface area (Å²) in [5, 5.41) is 2.64. The number of carbonyl (C=O) groups is 1. The van der Waals surface area contributed by atoms with E-state index in [1.165, 1.54) is 30.3 Å². The van der Waals surface area contributed by atoms with Gasteiger partial charge >= 0.3 is 0 Å². The van der Waals surface area contributed by atoms with Crippen LogP contribution >= 0.6 is 0 Å². The van der Waals surface area contributed by atoms with E-state index in [1.807, 2.05) is 18.2 Å². The highest BCUT2D eigenvalue weighted by Gasteiger charge is 2.28. The van der Waals surface area contributed by atoms with Crippen molar-refractivity contribution in [3.63, 3.8) is 0 Å². The van der Waals surface area contributed by atoms with Gasteiger partial charge in [0, 0.05) is 11.9 Å². The molecule has 3 aromatic rings. The lowest BCUT2D eigenvalue weighted by Gasteiger charge is -2.17. The number of hydrogen-bond acceptors (Lipinski definition) is 3. The van der Waals surface area contributed by atoms with Gasteiger partial charge in [-0.3, -0.25) is 9.59 Å². The fourth-order valence-electron chi connectivity index (χ4n) is 3.74. The van der Waals surface area contributed by atoms with Crippen molar-refractivity contribution in [3.05, 3.63) is 93.7 Å². The largest absolute Gasteiger partial charge is 0.496 e. The minimum Gasteiger partial charge on any atom is -0.496 e. The van der Waals surface area contributed by atoms with E-state index < -0.39 is 11.7 Å². The Morgan fingerprint density at radius 1 is 1.14 bits per heavy atom. The minimum absolute atomic E-state index is 0.0446. The number of carbonyl (C=O) groups excluding carboxylic acids is 1. The molecule has 28 heavy (non-hydrogen) atoms. The maximum atomic E-state index is 13.0. The molecule has 0 spiro atoms. The van der Waals surface area contributed by atoms with Gasteiger partial charge in [0.25, 0.3) is 11.5 Å². The van der Waals surface area contributed by atoms with Crippen LogP contribution in [0.3, 0.4) is 0 Å². The molecule has 142 valence electrons. The predicted molar refractivity (Wildman–Crippen MR) is 105 cm³/mol. The molecular formula is C22H19FN2O3. The second-order valence-electron chi connectivity index (χ2n) is 6.68. The van der Waals surface area contributed by atoms with Gasteiger partial charge in [0.1, 0.15) is 17.1 Å². The van der Waals surface area contributed by atoms with E-state index in [1.54, 1.807) is 23.9 Å². The first-order valence-electron chi connectivity index (χ1n) is 9.02. The van der Waals surface area contributed by atoms with Gasteiger partial charge in [-0.15, -0.1) is 0 Å². The molecule has 0 saturated carbocycles. The Hall–Kier alpha value is -3.41. The summed E-state index contributed by atoms with van der Waals surface area (Å²) in [5.41, 5.74) is 2.25. The quantitative estimate of drug-likeness (QED) is 0.752. The Morgan fingerprint density at radius 2 is 1.93 bits per heavy atom. The summed E-state index contributed by atoms with van der Waals surface area (Å²) in [6.45, 7) is 0. The van der Waals surface area contributed by atoms with Crippen LogP contribution in [0.1, 0.15) is 33.9 Å². The van der Waals surface area contributed by atoms with E-state index >= 15 is 0 Å². The molecule has 0 bridgehead atoms. The number of anilines is 1. The summed E-state index contributed by atoms with van der Waals surface area (Å²) >= 11 is 0. The van der Waals surface area contributed by atoms with Gasteiger partial charge in [0.2, 0.25) is 0 Å². The van der Waals surface area contributed by atoms with Crippen molar-refractivity contribution in [2.45, 2.75) is 18.9 Å². The molecular weight excluding hydrogens is 359 g/mol. The Kier molecular flexibility index (Phi) is 4.69. The van der Waals surface area contributed by atoms with Crippen LogP contribution in [0.15, 0.2) is 65.6 Å². The fraction of sp³-hybridized carbons (Fsp3) is 0.182. The van der Waals surface area contributed by atoms with Crippen molar-refractivity contribution in [1.82, 2.24) is 4.57 Å². The molecule has 4 rings (SSSR count). The zero-order chi connectivity index (χ0) is 19.7. The predicted octanol–water partition coefficient (Wildman–Crippen LogP) is 3.78. The summed E-state index contributed by atoms with van der Waals surface area (Å²) in [5.74, 6) is -0.0940. The molecule has 0 radical (unpaired) electrons. The molecule has 5 nitrogen and oxygen atoms in total. The number of aromatic nitrogens is 1. The van der Waals surface area contributed by atoms with Gasteiger partial charge in [-0.05, 0) is 66.4 Å². The van der Waals surface area contributed by atoms with E-state index in [4.69, 9.17) is 4.74 Å². The minimum atomic E-state index is -0.519. The molecule has 0 aliphatic heterocycles. The van der Waals surface area contributed by atoms with Crippen LogP contribution in [0, 0.1) is 5.82 Å². The van der Waals surface area contributed by atoms with Gasteiger partial charge in [-0.1, -0.05) is 12.1 Å². The molecule has 1 heterocycles. The lowest BCUT2D eigenvalue weighted by Crippen LogP contribution is -2.31. The van der Waals surface area contributed by atoms with Crippen LogP contribution in [0.25, 0.3) is 0 Å². The smallest absolute Gasteiger partial charge is 0.263 e. The number of rotatable bonds is 4. The number of fused-ring (bicyclic) bond motifs is 1. The number of benzene rings is 2. The average Bonchev–Trinajstić information content (AvgIpc) is 3.14. The first-order chi connectivity index (χ1) is 13.6. The van der Waals surface area contributed by atoms with E-state index in [9.17, 15) is 14.0 Å². The van der Waals surface area contributed by atoms with Gasteiger partial charge in [-0.2, -0.15) is 0 Å². The van der Waals surface area contributed by atoms with Gasteiger partial charge in [-0.25, -0.2) is 4.39 Å². The second-order valence-corrected chi connectivity index (χ2v) is 6.68. The molecule has 1 aliphatic rings. The van der Waals surface area contributed by atoms with Gasteiger partial charge in [0.05, 0.1) is 13.2 Å². The van der Waals surface area contributed by atoms with Crippen LogP contribution in [0.5, 0.6) is 5.75 Å². The standard InChI is InChI=1S/C22H19FN2O3/c1-28-20-6-2-4-16-17(20)11-12-19(16)25-13-3-5-18(22(25)27)21(26)24-15-9-7-14(23)8-10-15/h2-10,13,19H,11-12H2,1H3,(H,24,26). The number of pyridine rings is 1. The van der Waals surface area contributed by atoms with Crippen molar-refractivity contribution in [2.24, 2.45) is 0 Å². The van der Waals surface area contributed by atoms with Crippen LogP contribution in [0.4, 0.5) is 10.1 Å². The molecule has 6 heteroatoms. The normalized spacial score (nSPS) is 15.1. The van der Waals surface area contributed by atoms with Crippen molar-refractivity contribution in [2.75, 3.05) is 12.4 Å².